The average Bonchev–Trinajstić information content (AvgIpc) is 3.47. The van der Waals surface area contributed by atoms with E-state index in [1.165, 1.54) is 12.1 Å². The van der Waals surface area contributed by atoms with Crippen LogP contribution in [0.1, 0.15) is 25.7 Å². The van der Waals surface area contributed by atoms with Crippen LogP contribution >= 0.6 is 0 Å². The Kier molecular flexibility index (Phi) is 3.94. The second-order valence-corrected chi connectivity index (χ2v) is 6.17. The molecular weight excluding hydrogens is 337 g/mol. The SMILES string of the molecule is O=C(O)C1(C(=O)OOC(=O)C2(C(=O)Nc3ccc(F)cc3)CC2)CC1. The maximum atomic E-state index is 12.9. The number of benzene rings is 1. The number of amides is 1. The lowest BCUT2D eigenvalue weighted by Crippen LogP contribution is -2.35. The third-order valence-corrected chi connectivity index (χ3v) is 4.42. The van der Waals surface area contributed by atoms with Crippen molar-refractivity contribution in [3.63, 3.8) is 0 Å². The van der Waals surface area contributed by atoms with Crippen LogP contribution in [-0.4, -0.2) is 28.9 Å². The summed E-state index contributed by atoms with van der Waals surface area (Å²) in [7, 11) is 0. The highest BCUT2D eigenvalue weighted by atomic mass is 19.1. The zero-order valence-corrected chi connectivity index (χ0v) is 12.9. The van der Waals surface area contributed by atoms with Gasteiger partial charge in [0.05, 0.1) is 0 Å². The predicted molar refractivity (Wildman–Crippen MR) is 78.2 cm³/mol. The first-order valence-corrected chi connectivity index (χ1v) is 7.54. The molecule has 0 spiro atoms. The first-order chi connectivity index (χ1) is 11.8. The van der Waals surface area contributed by atoms with Crippen LogP contribution in [0.25, 0.3) is 0 Å². The Morgan fingerprint density at radius 3 is 1.84 bits per heavy atom. The minimum atomic E-state index is -1.66. The molecule has 0 radical (unpaired) electrons. The molecule has 2 aliphatic rings. The number of nitrogens with one attached hydrogen (secondary N) is 1. The summed E-state index contributed by atoms with van der Waals surface area (Å²) in [4.78, 5) is 55.7. The molecule has 9 heteroatoms. The van der Waals surface area contributed by atoms with Crippen molar-refractivity contribution in [2.24, 2.45) is 10.8 Å². The van der Waals surface area contributed by atoms with Crippen LogP contribution in [0.2, 0.25) is 0 Å². The lowest BCUT2D eigenvalue weighted by molar-refractivity contribution is -0.266. The summed E-state index contributed by atoms with van der Waals surface area (Å²) in [5.74, 6) is -4.72. The van der Waals surface area contributed by atoms with Crippen molar-refractivity contribution in [3.8, 4) is 0 Å². The Hall–Kier alpha value is -2.97. The van der Waals surface area contributed by atoms with E-state index in [1.54, 1.807) is 0 Å². The van der Waals surface area contributed by atoms with Gasteiger partial charge in [-0.15, -0.1) is 0 Å². The van der Waals surface area contributed by atoms with Gasteiger partial charge in [-0.2, -0.15) is 0 Å². The highest BCUT2D eigenvalue weighted by Gasteiger charge is 2.62. The molecule has 0 heterocycles. The maximum Gasteiger partial charge on any atom is 0.372 e. The van der Waals surface area contributed by atoms with Crippen molar-refractivity contribution in [1.29, 1.82) is 0 Å². The van der Waals surface area contributed by atoms with Crippen LogP contribution in [0.4, 0.5) is 10.1 Å². The number of anilines is 1. The van der Waals surface area contributed by atoms with Gasteiger partial charge in [0, 0.05) is 5.69 Å². The van der Waals surface area contributed by atoms with Crippen LogP contribution in [0, 0.1) is 16.6 Å². The first-order valence-electron chi connectivity index (χ1n) is 7.54. The molecule has 1 amide bonds. The predicted octanol–water partition coefficient (Wildman–Crippen LogP) is 1.41. The highest BCUT2D eigenvalue weighted by molar-refractivity contribution is 6.11. The zero-order valence-electron chi connectivity index (χ0n) is 12.9. The third kappa shape index (κ3) is 3.04. The smallest absolute Gasteiger partial charge is 0.372 e. The van der Waals surface area contributed by atoms with E-state index >= 15 is 0 Å². The molecule has 2 N–H and O–H groups in total. The van der Waals surface area contributed by atoms with Gasteiger partial charge < -0.3 is 10.4 Å². The normalized spacial score (nSPS) is 18.6. The van der Waals surface area contributed by atoms with Crippen molar-refractivity contribution in [2.75, 3.05) is 5.32 Å². The number of aliphatic carboxylic acids is 1. The number of hydrogen-bond donors (Lipinski definition) is 2. The van der Waals surface area contributed by atoms with Crippen LogP contribution in [0.15, 0.2) is 24.3 Å². The van der Waals surface area contributed by atoms with Crippen molar-refractivity contribution in [3.05, 3.63) is 30.1 Å². The highest BCUT2D eigenvalue weighted by Crippen LogP contribution is 2.49. The fourth-order valence-electron chi connectivity index (χ4n) is 2.30. The quantitative estimate of drug-likeness (QED) is 0.468. The summed E-state index contributed by atoms with van der Waals surface area (Å²) in [6.45, 7) is 0. The summed E-state index contributed by atoms with van der Waals surface area (Å²) in [5, 5.41) is 11.4. The largest absolute Gasteiger partial charge is 0.480 e. The van der Waals surface area contributed by atoms with E-state index in [1.807, 2.05) is 0 Å². The number of carbonyl (C=O) groups is 4. The second-order valence-electron chi connectivity index (χ2n) is 6.17. The number of hydrogen-bond acceptors (Lipinski definition) is 6. The molecule has 2 saturated carbocycles. The Bertz CT molecular complexity index is 750. The molecule has 0 aliphatic heterocycles. The van der Waals surface area contributed by atoms with Crippen LogP contribution in [0.3, 0.4) is 0 Å². The number of carboxylic acid groups (broad SMARTS) is 1. The molecule has 1 aromatic rings. The molecule has 1 aromatic carbocycles. The van der Waals surface area contributed by atoms with E-state index < -0.39 is 40.5 Å². The molecule has 8 nitrogen and oxygen atoms in total. The maximum absolute atomic E-state index is 12.9. The van der Waals surface area contributed by atoms with E-state index in [4.69, 9.17) is 5.11 Å². The van der Waals surface area contributed by atoms with Gasteiger partial charge in [0.15, 0.2) is 10.8 Å². The molecule has 25 heavy (non-hydrogen) atoms. The topological polar surface area (TPSA) is 119 Å². The Morgan fingerprint density at radius 1 is 0.920 bits per heavy atom. The molecule has 2 fully saturated rings. The Morgan fingerprint density at radius 2 is 1.40 bits per heavy atom. The number of carboxylic acids is 1. The molecule has 3 rings (SSSR count). The molecule has 0 aromatic heterocycles. The van der Waals surface area contributed by atoms with Gasteiger partial charge in [0.25, 0.3) is 0 Å². The van der Waals surface area contributed by atoms with Gasteiger partial charge in [0.1, 0.15) is 5.82 Å². The average molecular weight is 351 g/mol. The zero-order chi connectivity index (χ0) is 18.2. The van der Waals surface area contributed by atoms with Gasteiger partial charge in [-0.25, -0.2) is 23.8 Å². The Balaban J connectivity index is 1.58. The molecular formula is C16H14FNO7. The van der Waals surface area contributed by atoms with Crippen molar-refractivity contribution in [2.45, 2.75) is 25.7 Å². The van der Waals surface area contributed by atoms with Gasteiger partial charge in [-0.1, -0.05) is 0 Å². The molecule has 0 atom stereocenters. The first kappa shape index (κ1) is 16.9. The minimum Gasteiger partial charge on any atom is -0.480 e. The minimum absolute atomic E-state index is 0.106. The number of rotatable bonds is 5. The molecule has 132 valence electrons. The molecule has 2 aliphatic carbocycles. The van der Waals surface area contributed by atoms with E-state index in [-0.39, 0.29) is 25.7 Å². The number of halogens is 1. The van der Waals surface area contributed by atoms with E-state index in [9.17, 15) is 23.6 Å². The van der Waals surface area contributed by atoms with Gasteiger partial charge in [-0.05, 0) is 49.9 Å². The molecule has 0 unspecified atom stereocenters. The van der Waals surface area contributed by atoms with E-state index in [0.29, 0.717) is 5.69 Å². The van der Waals surface area contributed by atoms with Crippen LogP contribution < -0.4 is 5.32 Å². The van der Waals surface area contributed by atoms with Crippen molar-refractivity contribution >= 4 is 29.5 Å². The summed E-state index contributed by atoms with van der Waals surface area (Å²) >= 11 is 0. The van der Waals surface area contributed by atoms with Gasteiger partial charge in [-0.3, -0.25) is 9.59 Å². The lowest BCUT2D eigenvalue weighted by Gasteiger charge is -2.14. The van der Waals surface area contributed by atoms with Crippen LogP contribution in [0.5, 0.6) is 0 Å². The number of carbonyl (C=O) groups excluding carboxylic acids is 3. The van der Waals surface area contributed by atoms with Crippen molar-refractivity contribution in [1.82, 2.24) is 0 Å². The summed E-state index contributed by atoms with van der Waals surface area (Å²) in [6, 6.07) is 4.96. The van der Waals surface area contributed by atoms with Gasteiger partial charge in [0.2, 0.25) is 5.91 Å². The lowest BCUT2D eigenvalue weighted by atomic mass is 10.1. The van der Waals surface area contributed by atoms with Crippen LogP contribution in [-0.2, 0) is 29.0 Å². The van der Waals surface area contributed by atoms with Crippen molar-refractivity contribution < 1.29 is 38.5 Å². The molecule has 0 saturated heterocycles. The standard InChI is InChI=1S/C16H14FNO7/c17-9-1-3-10(4-2-9)18-11(19)15(5-6-15)13(22)24-25-14(23)16(7-8-16)12(20)21/h1-4H,5-8H2,(H,18,19)(H,20,21). The summed E-state index contributed by atoms with van der Waals surface area (Å²) < 4.78 is 12.9. The monoisotopic (exact) mass is 351 g/mol. The van der Waals surface area contributed by atoms with Gasteiger partial charge >= 0.3 is 17.9 Å². The third-order valence-electron chi connectivity index (χ3n) is 4.42. The fraction of sp³-hybridized carbons (Fsp3) is 0.375. The second kappa shape index (κ2) is 5.83. The Labute approximate surface area is 140 Å². The molecule has 0 bridgehead atoms. The van der Waals surface area contributed by atoms with E-state index in [2.05, 4.69) is 15.1 Å². The summed E-state index contributed by atoms with van der Waals surface area (Å²) in [5.41, 5.74) is -2.85. The fourth-order valence-corrected chi connectivity index (χ4v) is 2.30. The van der Waals surface area contributed by atoms with E-state index in [0.717, 1.165) is 12.1 Å². The summed E-state index contributed by atoms with van der Waals surface area (Å²) in [6.07, 6.45) is 0.602.